The van der Waals surface area contributed by atoms with Gasteiger partial charge in [0.15, 0.2) is 16.7 Å². The number of thioether (sulfide) groups is 1. The zero-order valence-electron chi connectivity index (χ0n) is 14.1. The summed E-state index contributed by atoms with van der Waals surface area (Å²) in [6.45, 7) is 2.19. The van der Waals surface area contributed by atoms with Gasteiger partial charge < -0.3 is 9.47 Å². The van der Waals surface area contributed by atoms with Crippen molar-refractivity contribution in [2.24, 2.45) is 4.99 Å². The number of hydrogen-bond donors (Lipinski definition) is 0. The quantitative estimate of drug-likeness (QED) is 0.780. The molecule has 0 N–H and O–H groups in total. The van der Waals surface area contributed by atoms with E-state index in [-0.39, 0.29) is 18.6 Å². The van der Waals surface area contributed by atoms with Crippen LogP contribution in [0.15, 0.2) is 53.5 Å². The summed E-state index contributed by atoms with van der Waals surface area (Å²) in [6.07, 6.45) is -0.736. The summed E-state index contributed by atoms with van der Waals surface area (Å²) < 4.78 is 11.6. The number of ether oxygens (including phenoxy) is 2. The molecule has 0 fully saturated rings. The molecule has 0 saturated carbocycles. The molecule has 5 nitrogen and oxygen atoms in total. The highest BCUT2D eigenvalue weighted by Gasteiger charge is 2.35. The van der Waals surface area contributed by atoms with Crippen LogP contribution in [0.25, 0.3) is 0 Å². The van der Waals surface area contributed by atoms with E-state index in [2.05, 4.69) is 4.99 Å². The van der Waals surface area contributed by atoms with Gasteiger partial charge in [-0.2, -0.15) is 0 Å². The van der Waals surface area contributed by atoms with Crippen LogP contribution >= 0.6 is 23.4 Å². The van der Waals surface area contributed by atoms with Gasteiger partial charge in [-0.25, -0.2) is 0 Å². The Balaban J connectivity index is 1.65. The monoisotopic (exact) mass is 388 g/mol. The summed E-state index contributed by atoms with van der Waals surface area (Å²) in [7, 11) is 0. The lowest BCUT2D eigenvalue weighted by Gasteiger charge is -2.30. The zero-order valence-corrected chi connectivity index (χ0v) is 15.7. The van der Waals surface area contributed by atoms with E-state index in [4.69, 9.17) is 21.1 Å². The Morgan fingerprint density at radius 3 is 2.62 bits per heavy atom. The molecule has 134 valence electrons. The summed E-state index contributed by atoms with van der Waals surface area (Å²) in [5.74, 6) is 1.86. The topological polar surface area (TPSA) is 51.1 Å². The Bertz CT molecular complexity index is 856. The molecule has 0 unspecified atom stereocenters. The molecular weight excluding hydrogens is 372 g/mol. The molecule has 4 rings (SSSR count). The average molecular weight is 389 g/mol. The molecule has 0 saturated heterocycles. The molecule has 0 aliphatic carbocycles. The number of halogens is 1. The minimum Gasteiger partial charge on any atom is -0.485 e. The Labute approximate surface area is 161 Å². The fourth-order valence-electron chi connectivity index (χ4n) is 2.79. The predicted molar refractivity (Wildman–Crippen MR) is 105 cm³/mol. The maximum atomic E-state index is 13.3. The highest BCUT2D eigenvalue weighted by molar-refractivity contribution is 8.14. The fourth-order valence-corrected chi connectivity index (χ4v) is 3.96. The van der Waals surface area contributed by atoms with E-state index < -0.39 is 6.10 Å². The number of anilines is 1. The van der Waals surface area contributed by atoms with Crippen molar-refractivity contribution in [1.82, 2.24) is 0 Å². The second-order valence-electron chi connectivity index (χ2n) is 6.09. The maximum absolute atomic E-state index is 13.3. The maximum Gasteiger partial charge on any atom is 0.277 e. The Kier molecular flexibility index (Phi) is 4.78. The fraction of sp³-hybridized carbons (Fsp3) is 0.263. The number of aliphatic imine (C=N–C) groups is 1. The number of amides is 1. The van der Waals surface area contributed by atoms with E-state index in [1.807, 2.05) is 37.3 Å². The molecule has 2 aromatic carbocycles. The lowest BCUT2D eigenvalue weighted by Crippen LogP contribution is -2.48. The predicted octanol–water partition coefficient (Wildman–Crippen LogP) is 4.00. The third kappa shape index (κ3) is 3.39. The van der Waals surface area contributed by atoms with Crippen molar-refractivity contribution in [2.45, 2.75) is 19.1 Å². The number of hydrogen-bond acceptors (Lipinski definition) is 5. The van der Waals surface area contributed by atoms with Gasteiger partial charge in [0.1, 0.15) is 6.61 Å². The molecule has 2 atom stereocenters. The Hall–Kier alpha value is -2.18. The molecule has 0 bridgehead atoms. The minimum absolute atomic E-state index is 0.160. The van der Waals surface area contributed by atoms with Gasteiger partial charge in [-0.1, -0.05) is 35.5 Å². The summed E-state index contributed by atoms with van der Waals surface area (Å²) in [4.78, 5) is 19.5. The molecule has 2 heterocycles. The van der Waals surface area contributed by atoms with Crippen molar-refractivity contribution in [1.29, 1.82) is 0 Å². The van der Waals surface area contributed by atoms with Crippen molar-refractivity contribution in [2.75, 3.05) is 17.3 Å². The van der Waals surface area contributed by atoms with Crippen LogP contribution in [0.5, 0.6) is 11.5 Å². The van der Waals surface area contributed by atoms with Gasteiger partial charge in [-0.15, -0.1) is 0 Å². The van der Waals surface area contributed by atoms with Gasteiger partial charge in [0.05, 0.1) is 11.7 Å². The van der Waals surface area contributed by atoms with Gasteiger partial charge >= 0.3 is 0 Å². The molecule has 0 aromatic heterocycles. The lowest BCUT2D eigenvalue weighted by molar-refractivity contribution is -0.126. The third-order valence-electron chi connectivity index (χ3n) is 4.06. The molecule has 2 aliphatic heterocycles. The number of carbonyl (C=O) groups excluding carboxylic acids is 1. The van der Waals surface area contributed by atoms with Crippen molar-refractivity contribution < 1.29 is 14.3 Å². The molecule has 2 aromatic rings. The molecule has 0 spiro atoms. The normalized spacial score (nSPS) is 21.2. The van der Waals surface area contributed by atoms with Crippen molar-refractivity contribution >= 4 is 40.1 Å². The first-order chi connectivity index (χ1) is 12.6. The van der Waals surface area contributed by atoms with Crippen LogP contribution in [0.1, 0.15) is 6.92 Å². The van der Waals surface area contributed by atoms with Gasteiger partial charge in [-0.05, 0) is 43.3 Å². The Morgan fingerprint density at radius 2 is 1.92 bits per heavy atom. The van der Waals surface area contributed by atoms with Gasteiger partial charge in [0.25, 0.3) is 5.91 Å². The van der Waals surface area contributed by atoms with Crippen LogP contribution in [-0.4, -0.2) is 35.6 Å². The number of amidine groups is 1. The van der Waals surface area contributed by atoms with E-state index in [1.165, 1.54) is 0 Å². The van der Waals surface area contributed by atoms with Gasteiger partial charge in [-0.3, -0.25) is 14.7 Å². The van der Waals surface area contributed by atoms with E-state index in [1.54, 1.807) is 34.9 Å². The SMILES string of the molecule is C[C@@H]1CSC(N(C(=O)[C@H]2COc3ccccc3O2)c2ccc(Cl)cc2)=N1. The second-order valence-corrected chi connectivity index (χ2v) is 7.51. The van der Waals surface area contributed by atoms with Crippen LogP contribution in [0.2, 0.25) is 5.02 Å². The number of rotatable bonds is 2. The lowest BCUT2D eigenvalue weighted by atomic mass is 10.2. The number of fused-ring (bicyclic) bond motifs is 1. The molecule has 1 amide bonds. The van der Waals surface area contributed by atoms with E-state index in [9.17, 15) is 4.79 Å². The Morgan fingerprint density at radius 1 is 1.19 bits per heavy atom. The summed E-state index contributed by atoms with van der Waals surface area (Å²) in [5, 5.41) is 1.29. The molecule has 26 heavy (non-hydrogen) atoms. The first-order valence-electron chi connectivity index (χ1n) is 8.30. The van der Waals surface area contributed by atoms with Crippen LogP contribution in [-0.2, 0) is 4.79 Å². The number of nitrogens with zero attached hydrogens (tertiary/aromatic N) is 2. The van der Waals surface area contributed by atoms with Gasteiger partial charge in [0, 0.05) is 10.8 Å². The van der Waals surface area contributed by atoms with Crippen LogP contribution in [0, 0.1) is 0 Å². The first-order valence-corrected chi connectivity index (χ1v) is 9.67. The van der Waals surface area contributed by atoms with Gasteiger partial charge in [0.2, 0.25) is 6.10 Å². The average Bonchev–Trinajstić information content (AvgIpc) is 3.09. The van der Waals surface area contributed by atoms with Crippen LogP contribution in [0.3, 0.4) is 0 Å². The molecule has 7 heteroatoms. The molecule has 2 aliphatic rings. The highest BCUT2D eigenvalue weighted by atomic mass is 35.5. The minimum atomic E-state index is -0.736. The van der Waals surface area contributed by atoms with E-state index in [0.717, 1.165) is 5.75 Å². The third-order valence-corrected chi connectivity index (χ3v) is 5.51. The first kappa shape index (κ1) is 17.2. The summed E-state index contributed by atoms with van der Waals surface area (Å²) in [5.41, 5.74) is 0.710. The summed E-state index contributed by atoms with van der Waals surface area (Å²) in [6, 6.07) is 14.6. The molecular formula is C19H17ClN2O3S. The zero-order chi connectivity index (χ0) is 18.1. The number of benzene rings is 2. The smallest absolute Gasteiger partial charge is 0.277 e. The highest BCUT2D eigenvalue weighted by Crippen LogP contribution is 2.33. The molecule has 0 radical (unpaired) electrons. The second kappa shape index (κ2) is 7.21. The van der Waals surface area contributed by atoms with Crippen LogP contribution < -0.4 is 14.4 Å². The largest absolute Gasteiger partial charge is 0.485 e. The van der Waals surface area contributed by atoms with Crippen molar-refractivity contribution in [3.05, 3.63) is 53.6 Å². The standard InChI is InChI=1S/C19H17ClN2O3S/c1-12-11-26-19(21-12)22(14-8-6-13(20)7-9-14)18(23)17-10-24-15-4-2-3-5-16(15)25-17/h2-9,12,17H,10-11H2,1H3/t12-,17-/m1/s1. The van der Waals surface area contributed by atoms with Crippen molar-refractivity contribution in [3.63, 3.8) is 0 Å². The van der Waals surface area contributed by atoms with Crippen LogP contribution in [0.4, 0.5) is 5.69 Å². The van der Waals surface area contributed by atoms with E-state index >= 15 is 0 Å². The van der Waals surface area contributed by atoms with E-state index in [0.29, 0.717) is 27.4 Å². The van der Waals surface area contributed by atoms with Crippen molar-refractivity contribution in [3.8, 4) is 11.5 Å². The number of para-hydroxylation sites is 2. The number of carbonyl (C=O) groups is 1. The summed E-state index contributed by atoms with van der Waals surface area (Å²) >= 11 is 7.56.